The van der Waals surface area contributed by atoms with Gasteiger partial charge in [-0.2, -0.15) is 132 Å². The Bertz CT molecular complexity index is 2550. The third-order valence-electron chi connectivity index (χ3n) is 11.0. The molecule has 0 bridgehead atoms. The van der Waals surface area contributed by atoms with Gasteiger partial charge >= 0.3 is 55.4 Å². The van der Waals surface area contributed by atoms with Crippen LogP contribution in [0.15, 0.2) is 122 Å². The lowest BCUT2D eigenvalue weighted by Crippen LogP contribution is -2.75. The van der Waals surface area contributed by atoms with Gasteiger partial charge in [-0.3, -0.25) is 4.98 Å². The average molecular weight is 1110 g/mol. The van der Waals surface area contributed by atoms with Gasteiger partial charge in [0.2, 0.25) is 0 Å². The standard InChI is InChI=1S/C32H12BF24.C14H15N2O2/c34-25(35,36)13-1-14(26(37,38)39)6-21(5-13)33(22-7-15(27(40,41)42)2-16(8-22)28(43,44)45,23-9-17(29(46,47)48)3-18(10-23)30(49,50)51)24-11-19(31(52,53)54)4-20(12-24)32(55,56)57;1-2-18-14(17)13-5-3-12(4-6-13)11-16-9-7-15-8-10-16/h1-12H;3-10H,2,11H2,1H3/q-1;+1. The quantitative estimate of drug-likeness (QED) is 0.0660. The second-order valence-corrected chi connectivity index (χ2v) is 16.1. The van der Waals surface area contributed by atoms with E-state index in [-0.39, 0.29) is 5.97 Å². The number of nitrogens with zero attached hydrogens (tertiary/aromatic N) is 2. The predicted molar refractivity (Wildman–Crippen MR) is 216 cm³/mol. The normalized spacial score (nSPS) is 13.3. The lowest BCUT2D eigenvalue weighted by Gasteiger charge is -2.46. The van der Waals surface area contributed by atoms with E-state index in [2.05, 4.69) is 4.98 Å². The summed E-state index contributed by atoms with van der Waals surface area (Å²) in [6.45, 7) is 2.95. The van der Waals surface area contributed by atoms with Crippen molar-refractivity contribution in [3.63, 3.8) is 0 Å². The summed E-state index contributed by atoms with van der Waals surface area (Å²) in [7, 11) is 0. The van der Waals surface area contributed by atoms with E-state index in [1.807, 2.05) is 29.1 Å². The number of hydrogen-bond donors (Lipinski definition) is 0. The Hall–Kier alpha value is -6.97. The van der Waals surface area contributed by atoms with Crippen LogP contribution in [0.25, 0.3) is 0 Å². The largest absolute Gasteiger partial charge is 0.462 e. The summed E-state index contributed by atoms with van der Waals surface area (Å²) >= 11 is 0. The van der Waals surface area contributed by atoms with Gasteiger partial charge in [-0.1, -0.05) is 60.7 Å². The number of hydrogen-bond acceptors (Lipinski definition) is 3. The van der Waals surface area contributed by atoms with Crippen LogP contribution in [0.5, 0.6) is 0 Å². The lowest BCUT2D eigenvalue weighted by atomic mass is 9.12. The first-order valence-corrected chi connectivity index (χ1v) is 20.5. The highest BCUT2D eigenvalue weighted by atomic mass is 19.4. The minimum absolute atomic E-state index is 0.277. The highest BCUT2D eigenvalue weighted by Gasteiger charge is 2.47. The van der Waals surface area contributed by atoms with Crippen molar-refractivity contribution in [2.75, 3.05) is 6.61 Å². The highest BCUT2D eigenvalue weighted by Crippen LogP contribution is 2.41. The van der Waals surface area contributed by atoms with Crippen molar-refractivity contribution in [3.05, 3.63) is 177 Å². The summed E-state index contributed by atoms with van der Waals surface area (Å²) < 4.78 is 348. The number of alkyl halides is 24. The van der Waals surface area contributed by atoms with E-state index in [4.69, 9.17) is 4.74 Å². The molecule has 0 aliphatic carbocycles. The number of carbonyl (C=O) groups excluding carboxylic acids is 1. The molecule has 6 rings (SSSR count). The molecule has 0 fully saturated rings. The molecule has 0 atom stereocenters. The summed E-state index contributed by atoms with van der Waals surface area (Å²) in [5, 5.41) is 0. The van der Waals surface area contributed by atoms with Crippen molar-refractivity contribution in [2.45, 2.75) is 62.9 Å². The maximum atomic E-state index is 14.2. The van der Waals surface area contributed by atoms with Crippen LogP contribution in [-0.4, -0.2) is 23.7 Å². The van der Waals surface area contributed by atoms with Crippen molar-refractivity contribution in [1.82, 2.24) is 4.98 Å². The van der Waals surface area contributed by atoms with Gasteiger partial charge in [-0.15, -0.1) is 0 Å². The van der Waals surface area contributed by atoms with Gasteiger partial charge in [-0.05, 0) is 43.3 Å². The number of halogens is 24. The monoisotopic (exact) mass is 1110 g/mol. The van der Waals surface area contributed by atoms with Crippen LogP contribution in [0.3, 0.4) is 0 Å². The summed E-state index contributed by atoms with van der Waals surface area (Å²) in [6.07, 6.45) is -47.5. The second-order valence-electron chi connectivity index (χ2n) is 16.1. The van der Waals surface area contributed by atoms with Crippen molar-refractivity contribution in [2.24, 2.45) is 0 Å². The molecule has 1 aromatic heterocycles. The molecule has 0 N–H and O–H groups in total. The molecular weight excluding hydrogens is 1080 g/mol. The predicted octanol–water partition coefficient (Wildman–Crippen LogP) is 12.8. The van der Waals surface area contributed by atoms with Crippen LogP contribution in [0, 0.1) is 0 Å². The van der Waals surface area contributed by atoms with Gasteiger partial charge in [-0.25, -0.2) is 4.79 Å². The number of ether oxygens (including phenoxy) is 1. The number of esters is 1. The van der Waals surface area contributed by atoms with E-state index in [1.54, 1.807) is 31.5 Å². The second kappa shape index (κ2) is 20.6. The first kappa shape index (κ1) is 58.9. The molecule has 0 radical (unpaired) electrons. The van der Waals surface area contributed by atoms with Crippen LogP contribution in [-0.2, 0) is 60.7 Å². The van der Waals surface area contributed by atoms with Gasteiger partial charge in [0.15, 0.2) is 18.9 Å². The van der Waals surface area contributed by atoms with Gasteiger partial charge in [0.25, 0.3) is 0 Å². The average Bonchev–Trinajstić information content (AvgIpc) is 3.27. The molecule has 0 aliphatic heterocycles. The van der Waals surface area contributed by atoms with Crippen molar-refractivity contribution < 1.29 is 119 Å². The maximum absolute atomic E-state index is 14.2. The van der Waals surface area contributed by atoms with Gasteiger partial charge in [0.05, 0.1) is 69.1 Å². The van der Waals surface area contributed by atoms with Gasteiger partial charge in [0.1, 0.15) is 6.15 Å². The Morgan fingerprint density at radius 3 is 0.867 bits per heavy atom. The fourth-order valence-electron chi connectivity index (χ4n) is 7.70. The van der Waals surface area contributed by atoms with E-state index >= 15 is 0 Å². The molecule has 0 saturated heterocycles. The summed E-state index contributed by atoms with van der Waals surface area (Å²) in [4.78, 5) is 15.4. The Morgan fingerprint density at radius 2 is 0.653 bits per heavy atom. The van der Waals surface area contributed by atoms with Crippen molar-refractivity contribution in [1.29, 1.82) is 0 Å². The van der Waals surface area contributed by atoms with Crippen LogP contribution >= 0.6 is 0 Å². The molecule has 75 heavy (non-hydrogen) atoms. The molecule has 0 amide bonds. The first-order chi connectivity index (χ1) is 34.1. The molecule has 404 valence electrons. The topological polar surface area (TPSA) is 43.1 Å². The SMILES string of the molecule is CCOC(=O)c1ccc(C[n+]2ccncc2)cc1.FC(F)(F)c1cc([B-](c2cc(C(F)(F)F)cc(C(F)(F)F)c2)(c2cc(C(F)(F)F)cc(C(F)(F)F)c2)c2cc(C(F)(F)F)cc(C(F)(F)F)c2)cc(C(F)(F)F)c1. The number of aromatic nitrogens is 2. The molecule has 4 nitrogen and oxygen atoms in total. The molecule has 1 heterocycles. The Labute approximate surface area is 405 Å². The van der Waals surface area contributed by atoms with Gasteiger partial charge < -0.3 is 4.74 Å². The molecule has 0 saturated carbocycles. The molecular formula is C46H27BF24N2O2. The van der Waals surface area contributed by atoms with Crippen LogP contribution in [0.4, 0.5) is 105 Å². The number of rotatable bonds is 8. The van der Waals surface area contributed by atoms with Crippen LogP contribution in [0.1, 0.15) is 67.4 Å². The van der Waals surface area contributed by atoms with Crippen molar-refractivity contribution in [3.8, 4) is 0 Å². The van der Waals surface area contributed by atoms with E-state index in [0.717, 1.165) is 12.1 Å². The van der Waals surface area contributed by atoms with E-state index in [9.17, 15) is 110 Å². The third-order valence-corrected chi connectivity index (χ3v) is 11.0. The fraction of sp³-hybridized carbons (Fsp3) is 0.239. The Balaban J connectivity index is 0.000000483. The van der Waals surface area contributed by atoms with E-state index in [1.165, 1.54) is 0 Å². The minimum atomic E-state index is -6.13. The maximum Gasteiger partial charge on any atom is 0.416 e. The highest BCUT2D eigenvalue weighted by molar-refractivity contribution is 7.20. The zero-order valence-corrected chi connectivity index (χ0v) is 36.8. The molecule has 5 aromatic carbocycles. The number of carbonyl (C=O) groups is 1. The summed E-state index contributed by atoms with van der Waals surface area (Å²) in [5.41, 5.74) is -28.5. The molecule has 6 aromatic rings. The summed E-state index contributed by atoms with van der Waals surface area (Å²) in [5.74, 6) is -0.277. The molecule has 0 spiro atoms. The Morgan fingerprint density at radius 1 is 0.413 bits per heavy atom. The molecule has 29 heteroatoms. The zero-order valence-electron chi connectivity index (χ0n) is 36.8. The lowest BCUT2D eigenvalue weighted by molar-refractivity contribution is -0.688. The first-order valence-electron chi connectivity index (χ1n) is 20.5. The van der Waals surface area contributed by atoms with E-state index < -0.39 is 195 Å². The Kier molecular flexibility index (Phi) is 16.2. The van der Waals surface area contributed by atoms with Crippen LogP contribution in [0.2, 0.25) is 0 Å². The molecule has 0 aliphatic rings. The van der Waals surface area contributed by atoms with Gasteiger partial charge in [0, 0.05) is 5.56 Å². The third kappa shape index (κ3) is 14.1. The van der Waals surface area contributed by atoms with Crippen LogP contribution < -0.4 is 26.4 Å². The van der Waals surface area contributed by atoms with E-state index in [0.29, 0.717) is 12.2 Å². The minimum Gasteiger partial charge on any atom is -0.462 e. The summed E-state index contributed by atoms with van der Waals surface area (Å²) in [6, 6.07) is -1.38. The molecule has 0 unspecified atom stereocenters. The van der Waals surface area contributed by atoms with Crippen molar-refractivity contribution >= 4 is 34.0 Å². The fourth-order valence-corrected chi connectivity index (χ4v) is 7.70. The number of benzene rings is 5. The zero-order chi connectivity index (χ0) is 56.7. The smallest absolute Gasteiger partial charge is 0.416 e.